The smallest absolute Gasteiger partial charge is 0.143 e. The zero-order valence-corrected chi connectivity index (χ0v) is 14.0. The number of hydrogen-bond acceptors (Lipinski definition) is 5. The van der Waals surface area contributed by atoms with E-state index in [1.807, 2.05) is 30.5 Å². The van der Waals surface area contributed by atoms with Crippen LogP contribution in [0, 0.1) is 13.8 Å². The van der Waals surface area contributed by atoms with Crippen LogP contribution in [-0.2, 0) is 13.0 Å². The molecule has 0 saturated heterocycles. The van der Waals surface area contributed by atoms with Crippen molar-refractivity contribution in [3.05, 3.63) is 53.3 Å². The first-order valence-corrected chi connectivity index (χ1v) is 7.89. The Morgan fingerprint density at radius 2 is 2.08 bits per heavy atom. The van der Waals surface area contributed by atoms with E-state index in [1.165, 1.54) is 0 Å². The van der Waals surface area contributed by atoms with Crippen LogP contribution in [0.3, 0.4) is 0 Å². The highest BCUT2D eigenvalue weighted by Crippen LogP contribution is 2.30. The van der Waals surface area contributed by atoms with Gasteiger partial charge < -0.3 is 19.3 Å². The van der Waals surface area contributed by atoms with Gasteiger partial charge in [0.15, 0.2) is 0 Å². The molecule has 1 unspecified atom stereocenters. The minimum atomic E-state index is -0.496. The Kier molecular flexibility index (Phi) is 4.40. The van der Waals surface area contributed by atoms with Gasteiger partial charge in [0.05, 0.1) is 29.4 Å². The van der Waals surface area contributed by atoms with Crippen molar-refractivity contribution in [2.45, 2.75) is 39.8 Å². The number of aromatic hydroxyl groups is 1. The summed E-state index contributed by atoms with van der Waals surface area (Å²) in [4.78, 5) is 4.54. The van der Waals surface area contributed by atoms with E-state index in [0.29, 0.717) is 18.7 Å². The lowest BCUT2D eigenvalue weighted by atomic mass is 10.1. The number of hydrogen-bond donors (Lipinski definition) is 2. The maximum Gasteiger partial charge on any atom is 0.143 e. The second kappa shape index (κ2) is 6.49. The third kappa shape index (κ3) is 3.19. The van der Waals surface area contributed by atoms with Gasteiger partial charge in [-0.15, -0.1) is 0 Å². The van der Waals surface area contributed by atoms with Crippen molar-refractivity contribution in [1.82, 2.24) is 14.7 Å². The molecule has 3 aromatic rings. The number of benzene rings is 1. The fourth-order valence-electron chi connectivity index (χ4n) is 2.92. The van der Waals surface area contributed by atoms with Gasteiger partial charge in [-0.25, -0.2) is 4.98 Å². The van der Waals surface area contributed by atoms with Gasteiger partial charge in [-0.05, 0) is 38.5 Å². The number of rotatable bonds is 5. The van der Waals surface area contributed by atoms with E-state index in [0.717, 1.165) is 28.2 Å². The Balaban J connectivity index is 2.04. The van der Waals surface area contributed by atoms with Crippen molar-refractivity contribution in [3.8, 4) is 17.0 Å². The van der Waals surface area contributed by atoms with Crippen molar-refractivity contribution in [3.63, 3.8) is 0 Å². The van der Waals surface area contributed by atoms with Gasteiger partial charge in [-0.1, -0.05) is 17.3 Å². The molecular formula is C18H21N3O3. The van der Waals surface area contributed by atoms with Gasteiger partial charge in [0.1, 0.15) is 11.5 Å². The van der Waals surface area contributed by atoms with Gasteiger partial charge in [0, 0.05) is 18.7 Å². The van der Waals surface area contributed by atoms with Crippen LogP contribution in [0.1, 0.15) is 29.6 Å². The largest absolute Gasteiger partial charge is 0.508 e. The molecule has 0 spiro atoms. The van der Waals surface area contributed by atoms with Crippen molar-refractivity contribution >= 4 is 0 Å². The number of aromatic nitrogens is 3. The van der Waals surface area contributed by atoms with E-state index in [1.54, 1.807) is 25.4 Å². The van der Waals surface area contributed by atoms with E-state index >= 15 is 0 Å². The highest BCUT2D eigenvalue weighted by atomic mass is 16.5. The van der Waals surface area contributed by atoms with Crippen LogP contribution in [0.15, 0.2) is 35.1 Å². The molecular weight excluding hydrogens is 306 g/mol. The third-order valence-corrected chi connectivity index (χ3v) is 3.97. The molecule has 1 aromatic carbocycles. The minimum Gasteiger partial charge on any atom is -0.508 e. The third-order valence-electron chi connectivity index (χ3n) is 3.97. The standard InChI is InChI=1S/C18H21N3O3/c1-11(22)7-16-18(17-12(2)20-24-13(17)3)19-10-21(16)9-14-5-4-6-15(23)8-14/h4-6,8,10-11,22-23H,7,9H2,1-3H3. The Bertz CT molecular complexity index is 830. The van der Waals surface area contributed by atoms with Crippen LogP contribution in [0.2, 0.25) is 0 Å². The minimum absolute atomic E-state index is 0.232. The second-order valence-corrected chi connectivity index (χ2v) is 6.09. The summed E-state index contributed by atoms with van der Waals surface area (Å²) in [5.41, 5.74) is 4.32. The van der Waals surface area contributed by atoms with Crippen LogP contribution in [0.4, 0.5) is 0 Å². The molecule has 0 aliphatic carbocycles. The van der Waals surface area contributed by atoms with Crippen LogP contribution in [0.5, 0.6) is 5.75 Å². The summed E-state index contributed by atoms with van der Waals surface area (Å²) in [6, 6.07) is 7.12. The van der Waals surface area contributed by atoms with Crippen LogP contribution in [-0.4, -0.2) is 31.0 Å². The second-order valence-electron chi connectivity index (χ2n) is 6.09. The monoisotopic (exact) mass is 327 g/mol. The molecule has 0 fully saturated rings. The molecule has 0 saturated carbocycles. The molecule has 6 heteroatoms. The normalized spacial score (nSPS) is 12.5. The molecule has 6 nitrogen and oxygen atoms in total. The maximum atomic E-state index is 9.90. The highest BCUT2D eigenvalue weighted by molar-refractivity contribution is 5.66. The Morgan fingerprint density at radius 1 is 1.29 bits per heavy atom. The molecule has 2 heterocycles. The number of aliphatic hydroxyl groups excluding tert-OH is 1. The summed E-state index contributed by atoms with van der Waals surface area (Å²) in [5.74, 6) is 0.942. The fraction of sp³-hybridized carbons (Fsp3) is 0.333. The molecule has 3 rings (SSSR count). The molecule has 2 N–H and O–H groups in total. The number of nitrogens with zero attached hydrogens (tertiary/aromatic N) is 3. The summed E-state index contributed by atoms with van der Waals surface area (Å²) in [7, 11) is 0. The molecule has 0 aliphatic rings. The van der Waals surface area contributed by atoms with Gasteiger partial charge in [-0.3, -0.25) is 0 Å². The first-order valence-electron chi connectivity index (χ1n) is 7.89. The molecule has 2 aromatic heterocycles. The molecule has 24 heavy (non-hydrogen) atoms. The van der Waals surface area contributed by atoms with E-state index < -0.39 is 6.10 Å². The Hall–Kier alpha value is -2.60. The molecule has 0 amide bonds. The SMILES string of the molecule is Cc1noc(C)c1-c1ncn(Cc2cccc(O)c2)c1CC(C)O. The zero-order valence-electron chi connectivity index (χ0n) is 14.0. The Morgan fingerprint density at radius 3 is 2.71 bits per heavy atom. The topological polar surface area (TPSA) is 84.3 Å². The number of phenolic OH excluding ortho intramolecular Hbond substituents is 1. The van der Waals surface area contributed by atoms with Crippen molar-refractivity contribution < 1.29 is 14.7 Å². The predicted molar refractivity (Wildman–Crippen MR) is 89.8 cm³/mol. The number of aliphatic hydroxyl groups is 1. The van der Waals surface area contributed by atoms with Gasteiger partial charge in [0.2, 0.25) is 0 Å². The maximum absolute atomic E-state index is 9.90. The average Bonchev–Trinajstić information content (AvgIpc) is 3.03. The average molecular weight is 327 g/mol. The number of phenols is 1. The lowest BCUT2D eigenvalue weighted by molar-refractivity contribution is 0.193. The summed E-state index contributed by atoms with van der Waals surface area (Å²) in [6.07, 6.45) is 1.73. The lowest BCUT2D eigenvalue weighted by Crippen LogP contribution is -2.12. The van der Waals surface area contributed by atoms with Crippen LogP contribution in [0.25, 0.3) is 11.3 Å². The van der Waals surface area contributed by atoms with Gasteiger partial charge >= 0.3 is 0 Å². The van der Waals surface area contributed by atoms with E-state index in [2.05, 4.69) is 10.1 Å². The molecule has 0 aliphatic heterocycles. The predicted octanol–water partition coefficient (Wildman–Crippen LogP) is 2.83. The quantitative estimate of drug-likeness (QED) is 0.753. The van der Waals surface area contributed by atoms with E-state index in [9.17, 15) is 10.2 Å². The molecule has 1 atom stereocenters. The summed E-state index contributed by atoms with van der Waals surface area (Å²) in [5, 5.41) is 23.5. The first-order chi connectivity index (χ1) is 11.5. The van der Waals surface area contributed by atoms with Crippen LogP contribution >= 0.6 is 0 Å². The zero-order chi connectivity index (χ0) is 17.3. The number of imidazole rings is 1. The number of aryl methyl sites for hydroxylation is 2. The van der Waals surface area contributed by atoms with Crippen molar-refractivity contribution in [1.29, 1.82) is 0 Å². The summed E-state index contributed by atoms with van der Waals surface area (Å²) >= 11 is 0. The molecule has 0 radical (unpaired) electrons. The lowest BCUT2D eigenvalue weighted by Gasteiger charge is -2.12. The highest BCUT2D eigenvalue weighted by Gasteiger charge is 2.21. The van der Waals surface area contributed by atoms with Crippen molar-refractivity contribution in [2.24, 2.45) is 0 Å². The summed E-state index contributed by atoms with van der Waals surface area (Å²) < 4.78 is 7.25. The fourth-order valence-corrected chi connectivity index (χ4v) is 2.92. The van der Waals surface area contributed by atoms with Gasteiger partial charge in [-0.2, -0.15) is 0 Å². The summed E-state index contributed by atoms with van der Waals surface area (Å²) in [6.45, 7) is 6.05. The molecule has 126 valence electrons. The molecule has 0 bridgehead atoms. The van der Waals surface area contributed by atoms with Gasteiger partial charge in [0.25, 0.3) is 0 Å². The Labute approximate surface area is 140 Å². The van der Waals surface area contributed by atoms with E-state index in [4.69, 9.17) is 4.52 Å². The first kappa shape index (κ1) is 16.3. The van der Waals surface area contributed by atoms with Crippen LogP contribution < -0.4 is 0 Å². The van der Waals surface area contributed by atoms with E-state index in [-0.39, 0.29) is 5.75 Å². The van der Waals surface area contributed by atoms with Crippen molar-refractivity contribution in [2.75, 3.05) is 0 Å².